The first kappa shape index (κ1) is 32.2. The van der Waals surface area contributed by atoms with Crippen LogP contribution in [0.3, 0.4) is 0 Å². The number of unbranched alkanes of at least 4 members (excludes halogenated alkanes) is 21. The maximum absolute atomic E-state index is 2.60. The molecule has 0 amide bonds. The summed E-state index contributed by atoms with van der Waals surface area (Å²) in [5.41, 5.74) is 0. The van der Waals surface area contributed by atoms with Gasteiger partial charge < -0.3 is 0 Å². The van der Waals surface area contributed by atoms with Gasteiger partial charge in [0.05, 0.1) is 13.1 Å². The summed E-state index contributed by atoms with van der Waals surface area (Å²) in [5.74, 6) is 1.60. The second-order valence-electron chi connectivity index (χ2n) is 11.3. The smallest absolute Gasteiger partial charge is 0.234 e. The van der Waals surface area contributed by atoms with Crippen molar-refractivity contribution in [3.05, 3.63) is 18.2 Å². The lowest BCUT2D eigenvalue weighted by molar-refractivity contribution is -0.704. The van der Waals surface area contributed by atoms with Crippen molar-refractivity contribution in [3.8, 4) is 0 Å². The molecule has 0 spiro atoms. The second-order valence-corrected chi connectivity index (χ2v) is 11.3. The summed E-state index contributed by atoms with van der Waals surface area (Å²) in [6.45, 7) is 9.37. The van der Waals surface area contributed by atoms with Crippen molar-refractivity contribution in [2.45, 2.75) is 194 Å². The van der Waals surface area contributed by atoms with Gasteiger partial charge in [0.2, 0.25) is 0 Å². The molecule has 1 aromatic rings. The summed E-state index contributed by atoms with van der Waals surface area (Å²) in [4.78, 5) is 0. The summed E-state index contributed by atoms with van der Waals surface area (Å²) < 4.78 is 5.18. The van der Waals surface area contributed by atoms with Gasteiger partial charge >= 0.3 is 0 Å². The van der Waals surface area contributed by atoms with Gasteiger partial charge in [-0.3, -0.25) is 0 Å². The van der Waals surface area contributed by atoms with Crippen LogP contribution in [0.5, 0.6) is 0 Å². The zero-order chi connectivity index (χ0) is 25.2. The molecular weight excluding hydrogens is 424 g/mol. The summed E-state index contributed by atoms with van der Waals surface area (Å²) in [5, 5.41) is 0. The van der Waals surface area contributed by atoms with Gasteiger partial charge in [0.15, 0.2) is 0 Å². The molecule has 206 valence electrons. The molecule has 35 heavy (non-hydrogen) atoms. The molecule has 0 fully saturated rings. The van der Waals surface area contributed by atoms with Crippen LogP contribution in [0.25, 0.3) is 0 Å². The van der Waals surface area contributed by atoms with Gasteiger partial charge in [0, 0.05) is 6.42 Å². The lowest BCUT2D eigenvalue weighted by Crippen LogP contribution is -2.37. The van der Waals surface area contributed by atoms with Crippen LogP contribution in [0.1, 0.15) is 181 Å². The third-order valence-electron chi connectivity index (χ3n) is 7.85. The fourth-order valence-electron chi connectivity index (χ4n) is 5.44. The van der Waals surface area contributed by atoms with Crippen molar-refractivity contribution >= 4 is 0 Å². The highest BCUT2D eigenvalue weighted by Gasteiger charge is 2.16. The minimum absolute atomic E-state index is 1.22. The van der Waals surface area contributed by atoms with Crippen LogP contribution in [0.2, 0.25) is 0 Å². The van der Waals surface area contributed by atoms with E-state index in [9.17, 15) is 0 Å². The Hall–Kier alpha value is -0.790. The monoisotopic (exact) mass is 490 g/mol. The molecule has 0 unspecified atom stereocenters. The Morgan fingerprint density at radius 1 is 0.486 bits per heavy atom. The van der Waals surface area contributed by atoms with Gasteiger partial charge in [0.25, 0.3) is 5.82 Å². The number of hydrogen-bond acceptors (Lipinski definition) is 0. The Balaban J connectivity index is 2.14. The first-order valence-electron chi connectivity index (χ1n) is 16.4. The summed E-state index contributed by atoms with van der Waals surface area (Å²) in [7, 11) is 0. The van der Waals surface area contributed by atoms with E-state index in [1.54, 1.807) is 5.82 Å². The molecule has 0 aromatic carbocycles. The average Bonchev–Trinajstić information content (AvgIpc) is 3.25. The third-order valence-corrected chi connectivity index (χ3v) is 7.85. The number of nitrogens with zero attached hydrogens (tertiary/aromatic N) is 2. The number of imidazole rings is 1. The van der Waals surface area contributed by atoms with Gasteiger partial charge in [-0.2, -0.15) is 0 Å². The molecule has 0 N–H and O–H groups in total. The molecule has 0 saturated carbocycles. The van der Waals surface area contributed by atoms with Crippen LogP contribution in [0.4, 0.5) is 0 Å². The lowest BCUT2D eigenvalue weighted by atomic mass is 10.0. The normalized spacial score (nSPS) is 11.5. The SMILES string of the molecule is CCCCCCCCCCCCCCCCC[n+]1ccn(CCCCCCC)c1CCCCCC. The number of aryl methyl sites for hydroxylation is 2. The van der Waals surface area contributed by atoms with Crippen LogP contribution in [0.15, 0.2) is 12.4 Å². The van der Waals surface area contributed by atoms with Crippen LogP contribution in [-0.2, 0) is 19.5 Å². The second kappa shape index (κ2) is 24.9. The van der Waals surface area contributed by atoms with Crippen molar-refractivity contribution in [1.29, 1.82) is 0 Å². The van der Waals surface area contributed by atoms with E-state index < -0.39 is 0 Å². The molecule has 2 heteroatoms. The van der Waals surface area contributed by atoms with Crippen molar-refractivity contribution in [2.24, 2.45) is 0 Å². The molecular formula is C33H65N2+. The Bertz CT molecular complexity index is 547. The molecule has 0 aliphatic heterocycles. The first-order valence-corrected chi connectivity index (χ1v) is 16.4. The van der Waals surface area contributed by atoms with Crippen LogP contribution in [0, 0.1) is 0 Å². The zero-order valence-corrected chi connectivity index (χ0v) is 24.6. The highest BCUT2D eigenvalue weighted by Crippen LogP contribution is 2.14. The molecule has 1 aromatic heterocycles. The topological polar surface area (TPSA) is 8.81 Å². The average molecular weight is 490 g/mol. The Kier molecular flexibility index (Phi) is 22.9. The minimum atomic E-state index is 1.22. The standard InChI is InChI=1S/C33H65N2/c1-4-7-10-13-14-15-16-17-18-19-20-21-22-24-27-30-35-32-31-34(29-26-23-11-8-5-2)33(35)28-25-12-9-6-3/h31-32H,4-30H2,1-3H3/q+1. The molecule has 0 aliphatic carbocycles. The number of rotatable bonds is 27. The molecule has 1 rings (SSSR count). The van der Waals surface area contributed by atoms with Crippen molar-refractivity contribution < 1.29 is 4.57 Å². The number of hydrogen-bond donors (Lipinski definition) is 0. The Labute approximate surface area is 221 Å². The van der Waals surface area contributed by atoms with Gasteiger partial charge in [-0.15, -0.1) is 0 Å². The lowest BCUT2D eigenvalue weighted by Gasteiger charge is -2.07. The van der Waals surface area contributed by atoms with E-state index >= 15 is 0 Å². The maximum Gasteiger partial charge on any atom is 0.256 e. The Morgan fingerprint density at radius 3 is 1.37 bits per heavy atom. The van der Waals surface area contributed by atoms with Gasteiger partial charge in [-0.25, -0.2) is 9.13 Å². The van der Waals surface area contributed by atoms with E-state index in [0.717, 1.165) is 0 Å². The fourth-order valence-corrected chi connectivity index (χ4v) is 5.44. The van der Waals surface area contributed by atoms with Crippen LogP contribution in [-0.4, -0.2) is 4.57 Å². The van der Waals surface area contributed by atoms with E-state index in [2.05, 4.69) is 42.3 Å². The minimum Gasteiger partial charge on any atom is -0.234 e. The van der Waals surface area contributed by atoms with Crippen molar-refractivity contribution in [2.75, 3.05) is 0 Å². The molecule has 0 saturated heterocycles. The predicted molar refractivity (Wildman–Crippen MR) is 156 cm³/mol. The largest absolute Gasteiger partial charge is 0.256 e. The number of aromatic nitrogens is 2. The third kappa shape index (κ3) is 18.2. The highest BCUT2D eigenvalue weighted by atomic mass is 15.1. The fraction of sp³-hybridized carbons (Fsp3) is 0.909. The van der Waals surface area contributed by atoms with E-state index in [-0.39, 0.29) is 0 Å². The quantitative estimate of drug-likeness (QED) is 0.0858. The molecule has 0 bridgehead atoms. The zero-order valence-electron chi connectivity index (χ0n) is 24.6. The van der Waals surface area contributed by atoms with Crippen LogP contribution < -0.4 is 4.57 Å². The molecule has 0 aliphatic rings. The summed E-state index contributed by atoms with van der Waals surface area (Å²) in [6.07, 6.45) is 40.0. The van der Waals surface area contributed by atoms with Crippen molar-refractivity contribution in [1.82, 2.24) is 4.57 Å². The first-order chi connectivity index (χ1) is 17.3. The summed E-state index contributed by atoms with van der Waals surface area (Å²) in [6, 6.07) is 0. The Morgan fingerprint density at radius 2 is 0.886 bits per heavy atom. The molecule has 0 radical (unpaired) electrons. The summed E-state index contributed by atoms with van der Waals surface area (Å²) >= 11 is 0. The predicted octanol–water partition coefficient (Wildman–Crippen LogP) is 10.7. The maximum atomic E-state index is 2.60. The van der Waals surface area contributed by atoms with E-state index in [1.165, 1.54) is 174 Å². The van der Waals surface area contributed by atoms with Gasteiger partial charge in [-0.05, 0) is 32.1 Å². The highest BCUT2D eigenvalue weighted by molar-refractivity contribution is 4.84. The molecule has 0 atom stereocenters. The van der Waals surface area contributed by atoms with Crippen molar-refractivity contribution in [3.63, 3.8) is 0 Å². The molecule has 2 nitrogen and oxygen atoms in total. The molecule has 1 heterocycles. The van der Waals surface area contributed by atoms with Gasteiger partial charge in [-0.1, -0.05) is 143 Å². The van der Waals surface area contributed by atoms with E-state index in [0.29, 0.717) is 0 Å². The van der Waals surface area contributed by atoms with E-state index in [1.807, 2.05) is 0 Å². The van der Waals surface area contributed by atoms with Gasteiger partial charge in [0.1, 0.15) is 12.4 Å². The van der Waals surface area contributed by atoms with E-state index in [4.69, 9.17) is 0 Å². The van der Waals surface area contributed by atoms with Crippen LogP contribution >= 0.6 is 0 Å².